The molecule has 1 heterocycles. The highest BCUT2D eigenvalue weighted by atomic mass is 79.9. The van der Waals surface area contributed by atoms with E-state index in [9.17, 15) is 9.59 Å². The lowest BCUT2D eigenvalue weighted by Crippen LogP contribution is -2.10. The SMILES string of the molecule is CCOc1cc(/C=C2\N=C(c3ccc(-c4ccccc4)cc3)OC2=O)cc(Br)c1OC(=O)c1ccc(C)cc1. The normalized spacial score (nSPS) is 13.7. The summed E-state index contributed by atoms with van der Waals surface area (Å²) in [6, 6.07) is 28.2. The largest absolute Gasteiger partial charge is 0.490 e. The molecule has 1 aliphatic heterocycles. The Kier molecular flexibility index (Phi) is 7.70. The molecular weight excluding hydrogens is 558 g/mol. The maximum absolute atomic E-state index is 12.7. The molecule has 0 saturated heterocycles. The highest BCUT2D eigenvalue weighted by molar-refractivity contribution is 9.10. The van der Waals surface area contributed by atoms with E-state index in [0.29, 0.717) is 33.5 Å². The van der Waals surface area contributed by atoms with Gasteiger partial charge in [0.15, 0.2) is 17.2 Å². The minimum Gasteiger partial charge on any atom is -0.490 e. The van der Waals surface area contributed by atoms with Gasteiger partial charge in [-0.05, 0) is 88.9 Å². The molecule has 6 nitrogen and oxygen atoms in total. The fourth-order valence-electron chi connectivity index (χ4n) is 4.00. The lowest BCUT2D eigenvalue weighted by atomic mass is 10.0. The molecule has 0 aromatic heterocycles. The lowest BCUT2D eigenvalue weighted by molar-refractivity contribution is -0.129. The minimum atomic E-state index is -0.555. The Bertz CT molecular complexity index is 1590. The Morgan fingerprint density at radius 2 is 1.59 bits per heavy atom. The molecule has 0 atom stereocenters. The standard InChI is InChI=1S/C32H24BrNO5/c1-3-37-28-19-21(17-26(33)29(28)38-31(35)25-11-9-20(2)10-12-25)18-27-32(36)39-30(34-27)24-15-13-23(14-16-24)22-7-5-4-6-8-22/h4-19H,3H2,1-2H3/b27-18-. The van der Waals surface area contributed by atoms with Crippen molar-refractivity contribution in [2.24, 2.45) is 4.99 Å². The van der Waals surface area contributed by atoms with Gasteiger partial charge in [-0.1, -0.05) is 60.2 Å². The molecule has 0 aliphatic carbocycles. The number of aliphatic imine (C=N–C) groups is 1. The zero-order valence-corrected chi connectivity index (χ0v) is 22.9. The van der Waals surface area contributed by atoms with Gasteiger partial charge in [-0.3, -0.25) is 0 Å². The van der Waals surface area contributed by atoms with Crippen LogP contribution in [0.1, 0.15) is 34.0 Å². The fourth-order valence-corrected chi connectivity index (χ4v) is 4.54. The second kappa shape index (κ2) is 11.5. The smallest absolute Gasteiger partial charge is 0.363 e. The monoisotopic (exact) mass is 581 g/mol. The summed E-state index contributed by atoms with van der Waals surface area (Å²) in [5.74, 6) is -0.220. The van der Waals surface area contributed by atoms with Crippen LogP contribution in [-0.2, 0) is 9.53 Å². The Labute approximate surface area is 234 Å². The van der Waals surface area contributed by atoms with Gasteiger partial charge in [0.1, 0.15) is 0 Å². The zero-order valence-electron chi connectivity index (χ0n) is 21.3. The van der Waals surface area contributed by atoms with Gasteiger partial charge in [0, 0.05) is 5.56 Å². The van der Waals surface area contributed by atoms with E-state index in [4.69, 9.17) is 14.2 Å². The molecule has 5 rings (SSSR count). The molecule has 0 saturated carbocycles. The van der Waals surface area contributed by atoms with E-state index >= 15 is 0 Å². The molecule has 4 aromatic rings. The number of carbonyl (C=O) groups excluding carboxylic acids is 2. The van der Waals surface area contributed by atoms with E-state index in [2.05, 4.69) is 20.9 Å². The quantitative estimate of drug-likeness (QED) is 0.129. The van der Waals surface area contributed by atoms with Crippen LogP contribution in [0.15, 0.2) is 106 Å². The van der Waals surface area contributed by atoms with E-state index in [0.717, 1.165) is 16.7 Å². The van der Waals surface area contributed by atoms with Crippen molar-refractivity contribution < 1.29 is 23.8 Å². The van der Waals surface area contributed by atoms with Crippen molar-refractivity contribution >= 4 is 39.8 Å². The zero-order chi connectivity index (χ0) is 27.4. The van der Waals surface area contributed by atoms with Crippen LogP contribution in [0.4, 0.5) is 0 Å². The van der Waals surface area contributed by atoms with Gasteiger partial charge in [-0.2, -0.15) is 0 Å². The van der Waals surface area contributed by atoms with Crippen LogP contribution < -0.4 is 9.47 Å². The number of carbonyl (C=O) groups is 2. The second-order valence-electron chi connectivity index (χ2n) is 8.80. The first-order chi connectivity index (χ1) is 18.9. The van der Waals surface area contributed by atoms with E-state index in [1.54, 1.807) is 30.3 Å². The number of halogens is 1. The van der Waals surface area contributed by atoms with Crippen LogP contribution in [0.25, 0.3) is 17.2 Å². The van der Waals surface area contributed by atoms with Crippen LogP contribution in [0.3, 0.4) is 0 Å². The molecule has 0 radical (unpaired) electrons. The first-order valence-electron chi connectivity index (χ1n) is 12.3. The molecule has 7 heteroatoms. The highest BCUT2D eigenvalue weighted by Crippen LogP contribution is 2.38. The van der Waals surface area contributed by atoms with Gasteiger partial charge in [-0.25, -0.2) is 14.6 Å². The number of nitrogens with zero attached hydrogens (tertiary/aromatic N) is 1. The maximum Gasteiger partial charge on any atom is 0.363 e. The van der Waals surface area contributed by atoms with Gasteiger partial charge >= 0.3 is 11.9 Å². The molecular formula is C32H24BrNO5. The molecule has 39 heavy (non-hydrogen) atoms. The third kappa shape index (κ3) is 5.99. The van der Waals surface area contributed by atoms with Gasteiger partial charge in [0.25, 0.3) is 0 Å². The number of esters is 2. The lowest BCUT2D eigenvalue weighted by Gasteiger charge is -2.13. The number of aryl methyl sites for hydroxylation is 1. The Hall–Kier alpha value is -4.49. The predicted molar refractivity (Wildman–Crippen MR) is 154 cm³/mol. The van der Waals surface area contributed by atoms with Crippen molar-refractivity contribution in [1.29, 1.82) is 0 Å². The van der Waals surface area contributed by atoms with Crippen molar-refractivity contribution in [3.05, 3.63) is 123 Å². The second-order valence-corrected chi connectivity index (χ2v) is 9.65. The van der Waals surface area contributed by atoms with Crippen LogP contribution >= 0.6 is 15.9 Å². The predicted octanol–water partition coefficient (Wildman–Crippen LogP) is 7.39. The summed E-state index contributed by atoms with van der Waals surface area (Å²) in [5.41, 5.74) is 5.08. The Morgan fingerprint density at radius 1 is 0.923 bits per heavy atom. The maximum atomic E-state index is 12.7. The minimum absolute atomic E-state index is 0.149. The van der Waals surface area contributed by atoms with Crippen molar-refractivity contribution in [3.8, 4) is 22.6 Å². The van der Waals surface area contributed by atoms with E-state index in [-0.39, 0.29) is 17.3 Å². The van der Waals surface area contributed by atoms with Crippen LogP contribution in [0.2, 0.25) is 0 Å². The van der Waals surface area contributed by atoms with Crippen molar-refractivity contribution in [2.45, 2.75) is 13.8 Å². The third-order valence-electron chi connectivity index (χ3n) is 5.98. The van der Waals surface area contributed by atoms with Gasteiger partial charge in [-0.15, -0.1) is 0 Å². The molecule has 0 N–H and O–H groups in total. The van der Waals surface area contributed by atoms with Crippen LogP contribution in [-0.4, -0.2) is 24.4 Å². The number of benzene rings is 4. The number of hydrogen-bond acceptors (Lipinski definition) is 6. The Morgan fingerprint density at radius 3 is 2.28 bits per heavy atom. The highest BCUT2D eigenvalue weighted by Gasteiger charge is 2.25. The first-order valence-corrected chi connectivity index (χ1v) is 13.1. The van der Waals surface area contributed by atoms with E-state index in [1.807, 2.05) is 80.6 Å². The average Bonchev–Trinajstić information content (AvgIpc) is 3.31. The van der Waals surface area contributed by atoms with Crippen molar-refractivity contribution in [2.75, 3.05) is 6.61 Å². The summed E-state index contributed by atoms with van der Waals surface area (Å²) in [4.78, 5) is 29.8. The van der Waals surface area contributed by atoms with Gasteiger partial charge < -0.3 is 14.2 Å². The molecule has 1 aliphatic rings. The average molecular weight is 582 g/mol. The number of hydrogen-bond donors (Lipinski definition) is 0. The first kappa shape index (κ1) is 26.1. The van der Waals surface area contributed by atoms with Crippen LogP contribution in [0, 0.1) is 6.92 Å². The summed E-state index contributed by atoms with van der Waals surface area (Å²) in [5, 5.41) is 0. The van der Waals surface area contributed by atoms with Crippen molar-refractivity contribution in [3.63, 3.8) is 0 Å². The molecule has 0 spiro atoms. The van der Waals surface area contributed by atoms with E-state index in [1.165, 1.54) is 0 Å². The van der Waals surface area contributed by atoms with Gasteiger partial charge in [0.05, 0.1) is 16.6 Å². The molecule has 0 fully saturated rings. The molecule has 0 amide bonds. The number of ether oxygens (including phenoxy) is 3. The summed E-state index contributed by atoms with van der Waals surface area (Å²) in [7, 11) is 0. The van der Waals surface area contributed by atoms with E-state index < -0.39 is 11.9 Å². The molecule has 194 valence electrons. The third-order valence-corrected chi connectivity index (χ3v) is 6.57. The molecule has 0 unspecified atom stereocenters. The summed E-state index contributed by atoms with van der Waals surface area (Å²) >= 11 is 3.48. The number of rotatable bonds is 7. The summed E-state index contributed by atoms with van der Waals surface area (Å²) < 4.78 is 17.4. The summed E-state index contributed by atoms with van der Waals surface area (Å²) in [6.07, 6.45) is 1.60. The Balaban J connectivity index is 1.40. The number of cyclic esters (lactones) is 1. The summed E-state index contributed by atoms with van der Waals surface area (Å²) in [6.45, 7) is 4.13. The topological polar surface area (TPSA) is 74.2 Å². The fraction of sp³-hybridized carbons (Fsp3) is 0.0938. The van der Waals surface area contributed by atoms with Crippen LogP contribution in [0.5, 0.6) is 11.5 Å². The van der Waals surface area contributed by atoms with Gasteiger partial charge in [0.2, 0.25) is 5.90 Å². The molecule has 4 aromatic carbocycles. The molecule has 0 bridgehead atoms. The van der Waals surface area contributed by atoms with Crippen molar-refractivity contribution in [1.82, 2.24) is 0 Å².